The summed E-state index contributed by atoms with van der Waals surface area (Å²) in [6.07, 6.45) is 4.23. The van der Waals surface area contributed by atoms with Crippen LogP contribution in [-0.4, -0.2) is 38.2 Å². The summed E-state index contributed by atoms with van der Waals surface area (Å²) in [5, 5.41) is 3.20. The highest BCUT2D eigenvalue weighted by Crippen LogP contribution is 2.35. The molecule has 138 valence electrons. The number of amides is 1. The molecular formula is C19H22ClN3O3. The predicted molar refractivity (Wildman–Crippen MR) is 101 cm³/mol. The maximum absolute atomic E-state index is 12.4. The van der Waals surface area contributed by atoms with Crippen molar-refractivity contribution in [2.24, 2.45) is 0 Å². The molecule has 0 aliphatic carbocycles. The number of pyridine rings is 1. The number of hydrogen-bond donors (Lipinski definition) is 1. The van der Waals surface area contributed by atoms with E-state index in [4.69, 9.17) is 21.1 Å². The number of nitrogens with one attached hydrogen (secondary N) is 1. The number of aromatic nitrogens is 1. The third-order valence-corrected chi connectivity index (χ3v) is 4.67. The number of methoxy groups -OCH3 is 2. The first kappa shape index (κ1) is 18.3. The molecule has 1 N–H and O–H groups in total. The molecule has 6 nitrogen and oxygen atoms in total. The van der Waals surface area contributed by atoms with Crippen molar-refractivity contribution in [3.63, 3.8) is 0 Å². The zero-order valence-corrected chi connectivity index (χ0v) is 15.7. The SMILES string of the molecule is COc1cc(C(=O)NCc2ccc(N3CCCC3)nc2)cc(Cl)c1OC. The van der Waals surface area contributed by atoms with Gasteiger partial charge in [-0.1, -0.05) is 17.7 Å². The van der Waals surface area contributed by atoms with Gasteiger partial charge in [-0.2, -0.15) is 0 Å². The largest absolute Gasteiger partial charge is 0.493 e. The molecule has 1 aromatic carbocycles. The normalized spacial score (nSPS) is 13.6. The lowest BCUT2D eigenvalue weighted by atomic mass is 10.1. The molecule has 3 rings (SSSR count). The van der Waals surface area contributed by atoms with Gasteiger partial charge in [0.05, 0.1) is 19.2 Å². The minimum absolute atomic E-state index is 0.239. The molecule has 1 amide bonds. The van der Waals surface area contributed by atoms with Crippen molar-refractivity contribution in [1.82, 2.24) is 10.3 Å². The molecule has 1 fully saturated rings. The minimum atomic E-state index is -0.239. The molecule has 2 heterocycles. The molecule has 0 unspecified atom stereocenters. The van der Waals surface area contributed by atoms with E-state index >= 15 is 0 Å². The maximum atomic E-state index is 12.4. The van der Waals surface area contributed by atoms with Crippen LogP contribution >= 0.6 is 11.6 Å². The van der Waals surface area contributed by atoms with Gasteiger partial charge >= 0.3 is 0 Å². The van der Waals surface area contributed by atoms with Gasteiger partial charge in [0.2, 0.25) is 0 Å². The van der Waals surface area contributed by atoms with Gasteiger partial charge in [-0.15, -0.1) is 0 Å². The van der Waals surface area contributed by atoms with Gasteiger partial charge in [-0.05, 0) is 36.6 Å². The molecule has 1 aliphatic rings. The van der Waals surface area contributed by atoms with Gasteiger partial charge < -0.3 is 19.7 Å². The molecule has 1 aromatic heterocycles. The Morgan fingerprint density at radius 2 is 2.00 bits per heavy atom. The number of hydrogen-bond acceptors (Lipinski definition) is 5. The number of benzene rings is 1. The van der Waals surface area contributed by atoms with Crippen molar-refractivity contribution >= 4 is 23.3 Å². The highest BCUT2D eigenvalue weighted by atomic mass is 35.5. The van der Waals surface area contributed by atoms with Crippen LogP contribution in [0.1, 0.15) is 28.8 Å². The summed E-state index contributed by atoms with van der Waals surface area (Å²) < 4.78 is 10.4. The molecule has 2 aromatic rings. The molecule has 0 saturated carbocycles. The average molecular weight is 376 g/mol. The Hall–Kier alpha value is -2.47. The zero-order valence-electron chi connectivity index (χ0n) is 14.9. The van der Waals surface area contributed by atoms with Crippen LogP contribution < -0.4 is 19.7 Å². The standard InChI is InChI=1S/C19H22ClN3O3/c1-25-16-10-14(9-15(20)18(16)26-2)19(24)22-12-13-5-6-17(21-11-13)23-7-3-4-8-23/h5-6,9-11H,3-4,7-8,12H2,1-2H3,(H,22,24). The molecule has 1 aliphatic heterocycles. The van der Waals surface area contributed by atoms with E-state index in [1.54, 1.807) is 18.3 Å². The summed E-state index contributed by atoms with van der Waals surface area (Å²) in [5.74, 6) is 1.58. The molecule has 0 bridgehead atoms. The van der Waals surface area contributed by atoms with E-state index in [9.17, 15) is 4.79 Å². The lowest BCUT2D eigenvalue weighted by Crippen LogP contribution is -2.23. The quantitative estimate of drug-likeness (QED) is 0.839. The van der Waals surface area contributed by atoms with Crippen molar-refractivity contribution in [1.29, 1.82) is 0 Å². The van der Waals surface area contributed by atoms with E-state index in [-0.39, 0.29) is 5.91 Å². The summed E-state index contributed by atoms with van der Waals surface area (Å²) in [6, 6.07) is 7.16. The lowest BCUT2D eigenvalue weighted by molar-refractivity contribution is 0.0950. The van der Waals surface area contributed by atoms with Crippen LogP contribution in [0.25, 0.3) is 0 Å². The second-order valence-electron chi connectivity index (χ2n) is 6.10. The van der Waals surface area contributed by atoms with Gasteiger partial charge in [0.1, 0.15) is 5.82 Å². The van der Waals surface area contributed by atoms with Crippen molar-refractivity contribution in [2.45, 2.75) is 19.4 Å². The number of anilines is 1. The summed E-state index contributed by atoms with van der Waals surface area (Å²) >= 11 is 6.15. The monoisotopic (exact) mass is 375 g/mol. The Labute approximate surface area is 158 Å². The Kier molecular flexibility index (Phi) is 5.83. The molecule has 26 heavy (non-hydrogen) atoms. The van der Waals surface area contributed by atoms with E-state index in [1.165, 1.54) is 27.1 Å². The van der Waals surface area contributed by atoms with Crippen LogP contribution in [0.5, 0.6) is 11.5 Å². The van der Waals surface area contributed by atoms with Gasteiger partial charge in [0.15, 0.2) is 11.5 Å². The fourth-order valence-electron chi connectivity index (χ4n) is 2.99. The second kappa shape index (κ2) is 8.27. The highest BCUT2D eigenvalue weighted by molar-refractivity contribution is 6.32. The van der Waals surface area contributed by atoms with Crippen LogP contribution in [0, 0.1) is 0 Å². The first-order chi connectivity index (χ1) is 12.6. The number of halogens is 1. The van der Waals surface area contributed by atoms with Crippen LogP contribution in [-0.2, 0) is 6.54 Å². The molecule has 1 saturated heterocycles. The molecular weight excluding hydrogens is 354 g/mol. The Morgan fingerprint density at radius 3 is 2.62 bits per heavy atom. The first-order valence-corrected chi connectivity index (χ1v) is 8.89. The smallest absolute Gasteiger partial charge is 0.251 e. The summed E-state index contributed by atoms with van der Waals surface area (Å²) in [6.45, 7) is 2.50. The lowest BCUT2D eigenvalue weighted by Gasteiger charge is -2.16. The summed E-state index contributed by atoms with van der Waals surface area (Å²) in [5.41, 5.74) is 1.35. The minimum Gasteiger partial charge on any atom is -0.493 e. The van der Waals surface area contributed by atoms with E-state index < -0.39 is 0 Å². The third-order valence-electron chi connectivity index (χ3n) is 4.39. The number of carbonyl (C=O) groups is 1. The molecule has 0 radical (unpaired) electrons. The fraction of sp³-hybridized carbons (Fsp3) is 0.368. The Bertz CT molecular complexity index is 774. The number of nitrogens with zero attached hydrogens (tertiary/aromatic N) is 2. The van der Waals surface area contributed by atoms with E-state index in [0.717, 1.165) is 24.5 Å². The number of ether oxygens (including phenoxy) is 2. The van der Waals surface area contributed by atoms with Gasteiger partial charge in [-0.25, -0.2) is 4.98 Å². The Balaban J connectivity index is 1.64. The van der Waals surface area contributed by atoms with Crippen molar-refractivity contribution in [3.8, 4) is 11.5 Å². The molecule has 0 atom stereocenters. The van der Waals surface area contributed by atoms with Crippen LogP contribution in [0.3, 0.4) is 0 Å². The summed E-state index contributed by atoms with van der Waals surface area (Å²) in [4.78, 5) is 19.2. The van der Waals surface area contributed by atoms with E-state index in [2.05, 4.69) is 15.2 Å². The van der Waals surface area contributed by atoms with Crippen LogP contribution in [0.15, 0.2) is 30.5 Å². The van der Waals surface area contributed by atoms with Crippen molar-refractivity contribution in [2.75, 3.05) is 32.2 Å². The number of rotatable bonds is 6. The zero-order chi connectivity index (χ0) is 18.5. The second-order valence-corrected chi connectivity index (χ2v) is 6.50. The van der Waals surface area contributed by atoms with Crippen molar-refractivity contribution < 1.29 is 14.3 Å². The average Bonchev–Trinajstić information content (AvgIpc) is 3.20. The molecule has 0 spiro atoms. The fourth-order valence-corrected chi connectivity index (χ4v) is 3.28. The molecule has 7 heteroatoms. The van der Waals surface area contributed by atoms with Gasteiger partial charge in [0, 0.05) is 31.4 Å². The number of carbonyl (C=O) groups excluding carboxylic acids is 1. The maximum Gasteiger partial charge on any atom is 0.251 e. The predicted octanol–water partition coefficient (Wildman–Crippen LogP) is 3.28. The van der Waals surface area contributed by atoms with Crippen LogP contribution in [0.4, 0.5) is 5.82 Å². The topological polar surface area (TPSA) is 63.7 Å². The van der Waals surface area contributed by atoms with E-state index in [0.29, 0.717) is 28.6 Å². The van der Waals surface area contributed by atoms with Gasteiger partial charge in [-0.3, -0.25) is 4.79 Å². The Morgan fingerprint density at radius 1 is 1.23 bits per heavy atom. The first-order valence-electron chi connectivity index (χ1n) is 8.52. The summed E-state index contributed by atoms with van der Waals surface area (Å²) in [7, 11) is 3.01. The van der Waals surface area contributed by atoms with E-state index in [1.807, 2.05) is 12.1 Å². The van der Waals surface area contributed by atoms with Crippen LogP contribution in [0.2, 0.25) is 5.02 Å². The third kappa shape index (κ3) is 4.02. The van der Waals surface area contributed by atoms with Gasteiger partial charge in [0.25, 0.3) is 5.91 Å². The van der Waals surface area contributed by atoms with Crippen molar-refractivity contribution in [3.05, 3.63) is 46.6 Å². The highest BCUT2D eigenvalue weighted by Gasteiger charge is 2.16.